The number of hydrogen-bond acceptors (Lipinski definition) is 5. The van der Waals surface area contributed by atoms with Crippen LogP contribution in [-0.4, -0.2) is 28.6 Å². The van der Waals surface area contributed by atoms with Gasteiger partial charge >= 0.3 is 0 Å². The Balaban J connectivity index is 1.80. The number of hydrogen-bond donors (Lipinski definition) is 1. The van der Waals surface area contributed by atoms with Crippen molar-refractivity contribution >= 4 is 45.9 Å². The van der Waals surface area contributed by atoms with E-state index < -0.39 is 0 Å². The van der Waals surface area contributed by atoms with E-state index in [9.17, 15) is 4.79 Å². The number of ketones is 1. The fourth-order valence-electron chi connectivity index (χ4n) is 2.19. The van der Waals surface area contributed by atoms with Gasteiger partial charge in [0.15, 0.2) is 10.9 Å². The van der Waals surface area contributed by atoms with Gasteiger partial charge in [0.1, 0.15) is 5.82 Å². The summed E-state index contributed by atoms with van der Waals surface area (Å²) in [6.07, 6.45) is 0. The van der Waals surface area contributed by atoms with E-state index in [-0.39, 0.29) is 11.5 Å². The zero-order valence-electron chi connectivity index (χ0n) is 12.4. The molecule has 1 N–H and O–H groups in total. The Morgan fingerprint density at radius 2 is 2.00 bits per heavy atom. The van der Waals surface area contributed by atoms with E-state index in [1.165, 1.54) is 11.8 Å². The van der Waals surface area contributed by atoms with Gasteiger partial charge in [0.05, 0.1) is 11.3 Å². The molecule has 0 saturated carbocycles. The minimum atomic E-state index is 0.000247. The van der Waals surface area contributed by atoms with Crippen LogP contribution in [0.3, 0.4) is 0 Å². The monoisotopic (exact) mass is 343 g/mol. The highest BCUT2D eigenvalue weighted by Crippen LogP contribution is 2.24. The quantitative estimate of drug-likeness (QED) is 0.425. The number of anilines is 1. The van der Waals surface area contributed by atoms with Crippen LogP contribution in [0.25, 0.3) is 10.9 Å². The van der Waals surface area contributed by atoms with E-state index in [0.29, 0.717) is 15.7 Å². The summed E-state index contributed by atoms with van der Waals surface area (Å²) in [5.74, 6) is 1.02. The molecule has 0 bridgehead atoms. The zero-order valence-corrected chi connectivity index (χ0v) is 14.0. The second kappa shape index (κ2) is 6.98. The van der Waals surface area contributed by atoms with Crippen molar-refractivity contribution in [2.45, 2.75) is 5.16 Å². The van der Waals surface area contributed by atoms with Gasteiger partial charge in [0.2, 0.25) is 0 Å². The summed E-state index contributed by atoms with van der Waals surface area (Å²) in [7, 11) is 1.82. The second-order valence-corrected chi connectivity index (χ2v) is 6.22. The molecule has 116 valence electrons. The largest absolute Gasteiger partial charge is 0.372 e. The number of Topliss-reactive ketones (excluding diaryl/α,β-unsaturated/α-hetero) is 1. The molecule has 4 nitrogen and oxygen atoms in total. The zero-order chi connectivity index (χ0) is 16.2. The molecule has 3 rings (SSSR count). The van der Waals surface area contributed by atoms with Crippen LogP contribution in [0.2, 0.25) is 5.02 Å². The number of nitrogens with one attached hydrogen (secondary N) is 1. The Bertz CT molecular complexity index is 869. The summed E-state index contributed by atoms with van der Waals surface area (Å²) in [6.45, 7) is 0. The van der Waals surface area contributed by atoms with Crippen molar-refractivity contribution < 1.29 is 4.79 Å². The highest BCUT2D eigenvalue weighted by atomic mass is 35.5. The number of aromatic nitrogens is 2. The fourth-order valence-corrected chi connectivity index (χ4v) is 3.12. The van der Waals surface area contributed by atoms with Gasteiger partial charge in [-0.15, -0.1) is 0 Å². The molecule has 0 atom stereocenters. The number of thioether (sulfide) groups is 1. The van der Waals surface area contributed by atoms with Crippen molar-refractivity contribution in [1.29, 1.82) is 0 Å². The number of halogens is 1. The number of para-hydroxylation sites is 1. The standard InChI is InChI=1S/C17H14ClN3OS/c1-19-16-13-7-2-3-8-14(13)20-17(21-16)23-10-15(22)11-5-4-6-12(18)9-11/h2-9H,10H2,1H3,(H,19,20,21). The summed E-state index contributed by atoms with van der Waals surface area (Å²) in [5, 5.41) is 5.16. The molecule has 6 heteroatoms. The van der Waals surface area contributed by atoms with Crippen LogP contribution in [0.5, 0.6) is 0 Å². The van der Waals surface area contributed by atoms with Crippen molar-refractivity contribution in [3.05, 3.63) is 59.1 Å². The first kappa shape index (κ1) is 15.8. The first-order valence-corrected chi connectivity index (χ1v) is 8.40. The number of fused-ring (bicyclic) bond motifs is 1. The molecule has 0 aliphatic carbocycles. The van der Waals surface area contributed by atoms with Gasteiger partial charge in [0.25, 0.3) is 0 Å². The maximum Gasteiger partial charge on any atom is 0.190 e. The van der Waals surface area contributed by atoms with Gasteiger partial charge in [-0.1, -0.05) is 47.6 Å². The first-order chi connectivity index (χ1) is 11.2. The second-order valence-electron chi connectivity index (χ2n) is 4.84. The maximum atomic E-state index is 12.2. The SMILES string of the molecule is CNc1nc(SCC(=O)c2cccc(Cl)c2)nc2ccccc12. The molecule has 1 aromatic heterocycles. The molecule has 0 aliphatic rings. The van der Waals surface area contributed by atoms with Gasteiger partial charge < -0.3 is 5.32 Å². The molecular formula is C17H14ClN3OS. The Hall–Kier alpha value is -2.11. The predicted octanol–water partition coefficient (Wildman–Crippen LogP) is 4.30. The predicted molar refractivity (Wildman–Crippen MR) is 95.6 cm³/mol. The van der Waals surface area contributed by atoms with Crippen LogP contribution in [0, 0.1) is 0 Å². The van der Waals surface area contributed by atoms with Crippen LogP contribution in [0.4, 0.5) is 5.82 Å². The number of benzene rings is 2. The van der Waals surface area contributed by atoms with Gasteiger partial charge in [0, 0.05) is 23.0 Å². The Morgan fingerprint density at radius 1 is 1.17 bits per heavy atom. The summed E-state index contributed by atoms with van der Waals surface area (Å²) < 4.78 is 0. The molecule has 23 heavy (non-hydrogen) atoms. The molecule has 0 radical (unpaired) electrons. The molecule has 0 spiro atoms. The summed E-state index contributed by atoms with van der Waals surface area (Å²) >= 11 is 7.24. The van der Waals surface area contributed by atoms with E-state index in [1.807, 2.05) is 31.3 Å². The minimum absolute atomic E-state index is 0.000247. The summed E-state index contributed by atoms with van der Waals surface area (Å²) in [5.41, 5.74) is 1.45. The minimum Gasteiger partial charge on any atom is -0.372 e. The lowest BCUT2D eigenvalue weighted by Crippen LogP contribution is -2.04. The van der Waals surface area contributed by atoms with E-state index in [0.717, 1.165) is 16.7 Å². The highest BCUT2D eigenvalue weighted by Gasteiger charge is 2.11. The lowest BCUT2D eigenvalue weighted by Gasteiger charge is -2.07. The lowest BCUT2D eigenvalue weighted by molar-refractivity contribution is 0.102. The third-order valence-corrected chi connectivity index (χ3v) is 4.38. The highest BCUT2D eigenvalue weighted by molar-refractivity contribution is 7.99. The topological polar surface area (TPSA) is 54.9 Å². The molecule has 2 aromatic carbocycles. The Labute approximate surface area is 143 Å². The Morgan fingerprint density at radius 3 is 2.78 bits per heavy atom. The molecule has 0 aliphatic heterocycles. The van der Waals surface area contributed by atoms with E-state index in [2.05, 4.69) is 15.3 Å². The molecule has 3 aromatic rings. The van der Waals surface area contributed by atoms with Crippen LogP contribution in [0.1, 0.15) is 10.4 Å². The van der Waals surface area contributed by atoms with Crippen molar-refractivity contribution in [3.8, 4) is 0 Å². The van der Waals surface area contributed by atoms with Gasteiger partial charge in [-0.05, 0) is 24.3 Å². The molecular weight excluding hydrogens is 330 g/mol. The van der Waals surface area contributed by atoms with Gasteiger partial charge in [-0.25, -0.2) is 9.97 Å². The first-order valence-electron chi connectivity index (χ1n) is 7.03. The number of carbonyl (C=O) groups excluding carboxylic acids is 1. The van der Waals surface area contributed by atoms with Gasteiger partial charge in [-0.3, -0.25) is 4.79 Å². The van der Waals surface area contributed by atoms with Crippen molar-refractivity contribution in [1.82, 2.24) is 9.97 Å². The number of rotatable bonds is 5. The summed E-state index contributed by atoms with van der Waals surface area (Å²) in [4.78, 5) is 21.2. The average Bonchev–Trinajstić information content (AvgIpc) is 2.58. The third kappa shape index (κ3) is 3.63. The normalized spacial score (nSPS) is 10.7. The maximum absolute atomic E-state index is 12.2. The van der Waals surface area contributed by atoms with Crippen LogP contribution >= 0.6 is 23.4 Å². The van der Waals surface area contributed by atoms with E-state index in [4.69, 9.17) is 11.6 Å². The molecule has 1 heterocycles. The van der Waals surface area contributed by atoms with E-state index in [1.54, 1.807) is 24.3 Å². The van der Waals surface area contributed by atoms with E-state index >= 15 is 0 Å². The van der Waals surface area contributed by atoms with Crippen LogP contribution in [-0.2, 0) is 0 Å². The van der Waals surface area contributed by atoms with Crippen LogP contribution < -0.4 is 5.32 Å². The fraction of sp³-hybridized carbons (Fsp3) is 0.118. The lowest BCUT2D eigenvalue weighted by atomic mass is 10.1. The molecule has 0 unspecified atom stereocenters. The van der Waals surface area contributed by atoms with Crippen molar-refractivity contribution in [2.24, 2.45) is 0 Å². The van der Waals surface area contributed by atoms with Crippen LogP contribution in [0.15, 0.2) is 53.7 Å². The average molecular weight is 344 g/mol. The van der Waals surface area contributed by atoms with Crippen molar-refractivity contribution in [3.63, 3.8) is 0 Å². The molecule has 0 fully saturated rings. The Kier molecular flexibility index (Phi) is 4.79. The third-order valence-electron chi connectivity index (χ3n) is 3.30. The smallest absolute Gasteiger partial charge is 0.190 e. The van der Waals surface area contributed by atoms with Crippen molar-refractivity contribution in [2.75, 3.05) is 18.1 Å². The number of carbonyl (C=O) groups is 1. The molecule has 0 amide bonds. The summed E-state index contributed by atoms with van der Waals surface area (Å²) in [6, 6.07) is 14.7. The van der Waals surface area contributed by atoms with Gasteiger partial charge in [-0.2, -0.15) is 0 Å². The molecule has 0 saturated heterocycles. The number of nitrogens with zero attached hydrogens (tertiary/aromatic N) is 2.